The monoisotopic (exact) mass is 574 g/mol. The molecule has 1 aromatic carbocycles. The van der Waals surface area contributed by atoms with Crippen LogP contribution in [0.5, 0.6) is 5.75 Å². The maximum Gasteiger partial charge on any atom is 0.342 e. The second-order valence-electron chi connectivity index (χ2n) is 10.8. The number of hydrogen-bond acceptors (Lipinski definition) is 6. The molecule has 4 heterocycles. The van der Waals surface area contributed by atoms with Crippen LogP contribution in [0, 0.1) is 25.7 Å². The van der Waals surface area contributed by atoms with Gasteiger partial charge in [-0.05, 0) is 86.9 Å². The van der Waals surface area contributed by atoms with Gasteiger partial charge < -0.3 is 14.7 Å². The molecule has 8 nitrogen and oxygen atoms in total. The van der Waals surface area contributed by atoms with Crippen LogP contribution in [-0.4, -0.2) is 49.7 Å². The highest BCUT2D eigenvalue weighted by atomic mass is 32.1. The molecule has 1 aliphatic carbocycles. The highest BCUT2D eigenvalue weighted by Gasteiger charge is 2.35. The van der Waals surface area contributed by atoms with Gasteiger partial charge in [-0.3, -0.25) is 4.79 Å². The summed E-state index contributed by atoms with van der Waals surface area (Å²) in [6.07, 6.45) is 5.06. The third-order valence-corrected chi connectivity index (χ3v) is 8.98. The number of amides is 1. The van der Waals surface area contributed by atoms with Gasteiger partial charge in [0.15, 0.2) is 5.82 Å². The number of halogens is 1. The summed E-state index contributed by atoms with van der Waals surface area (Å²) in [6, 6.07) is 13.5. The first-order chi connectivity index (χ1) is 19.8. The van der Waals surface area contributed by atoms with Gasteiger partial charge in [-0.1, -0.05) is 12.1 Å². The minimum absolute atomic E-state index is 0.194. The first kappa shape index (κ1) is 27.1. The van der Waals surface area contributed by atoms with E-state index in [1.54, 1.807) is 23.5 Å². The second kappa shape index (κ2) is 11.1. The predicted octanol–water partition coefficient (Wildman–Crippen LogP) is 6.14. The highest BCUT2D eigenvalue weighted by molar-refractivity contribution is 7.15. The van der Waals surface area contributed by atoms with Crippen molar-refractivity contribution in [2.75, 3.05) is 13.1 Å². The molecule has 2 fully saturated rings. The maximum atomic E-state index is 14.6. The van der Waals surface area contributed by atoms with Gasteiger partial charge in [0.1, 0.15) is 17.9 Å². The Bertz CT molecular complexity index is 1620. The Morgan fingerprint density at radius 3 is 2.56 bits per heavy atom. The van der Waals surface area contributed by atoms with E-state index in [2.05, 4.69) is 35.2 Å². The van der Waals surface area contributed by atoms with Crippen molar-refractivity contribution >= 4 is 23.2 Å². The van der Waals surface area contributed by atoms with Crippen LogP contribution in [0.1, 0.15) is 63.5 Å². The molecule has 6 rings (SSSR count). The summed E-state index contributed by atoms with van der Waals surface area (Å²) < 4.78 is 21.7. The van der Waals surface area contributed by atoms with Crippen molar-refractivity contribution in [3.8, 4) is 22.1 Å². The Labute approximate surface area is 241 Å². The minimum Gasteiger partial charge on any atom is -0.489 e. The molecule has 0 atom stereocenters. The predicted molar refractivity (Wildman–Crippen MR) is 153 cm³/mol. The molecule has 0 unspecified atom stereocenters. The van der Waals surface area contributed by atoms with Crippen LogP contribution in [0.4, 0.5) is 4.39 Å². The molecule has 3 aromatic heterocycles. The number of nitrogens with zero attached hydrogens (tertiary/aromatic N) is 4. The number of aromatic nitrogens is 3. The fourth-order valence-electron chi connectivity index (χ4n) is 5.55. The number of rotatable bonds is 8. The van der Waals surface area contributed by atoms with E-state index >= 15 is 0 Å². The van der Waals surface area contributed by atoms with Crippen LogP contribution in [0.25, 0.3) is 16.4 Å². The third kappa shape index (κ3) is 5.61. The van der Waals surface area contributed by atoms with Gasteiger partial charge in [0.2, 0.25) is 11.9 Å². The SMILES string of the molecule is Cc1cc(COc2ccc(C3CCN(C(=O)C4CC4)CC3)c(C)c2)c(-c2cccc(-n3ncc(C(=O)O)c3F)n2)s1. The number of benzene rings is 1. The summed E-state index contributed by atoms with van der Waals surface area (Å²) in [7, 11) is 0. The summed E-state index contributed by atoms with van der Waals surface area (Å²) >= 11 is 1.56. The lowest BCUT2D eigenvalue weighted by atomic mass is 9.86. The molecule has 212 valence electrons. The fraction of sp³-hybridized carbons (Fsp3) is 0.355. The number of carbonyl (C=O) groups is 2. The lowest BCUT2D eigenvalue weighted by molar-refractivity contribution is -0.133. The molecule has 1 saturated carbocycles. The van der Waals surface area contributed by atoms with Crippen molar-refractivity contribution in [3.63, 3.8) is 0 Å². The molecule has 4 aromatic rings. The zero-order valence-electron chi connectivity index (χ0n) is 23.0. The summed E-state index contributed by atoms with van der Waals surface area (Å²) in [4.78, 5) is 32.2. The van der Waals surface area contributed by atoms with Crippen molar-refractivity contribution in [2.45, 2.75) is 52.1 Å². The number of carboxylic acid groups (broad SMARTS) is 1. The Kier molecular flexibility index (Phi) is 7.33. The number of likely N-dealkylation sites (tertiary alicyclic amines) is 1. The molecular formula is C31H31FN4O4S. The van der Waals surface area contributed by atoms with Crippen molar-refractivity contribution in [2.24, 2.45) is 5.92 Å². The van der Waals surface area contributed by atoms with Crippen LogP contribution in [0.15, 0.2) is 48.7 Å². The van der Waals surface area contributed by atoms with Gasteiger partial charge in [0.05, 0.1) is 16.8 Å². The maximum absolute atomic E-state index is 14.6. The molecule has 1 N–H and O–H groups in total. The molecule has 41 heavy (non-hydrogen) atoms. The molecule has 1 saturated heterocycles. The molecule has 0 radical (unpaired) electrons. The van der Waals surface area contributed by atoms with Crippen LogP contribution < -0.4 is 4.74 Å². The zero-order chi connectivity index (χ0) is 28.7. The zero-order valence-corrected chi connectivity index (χ0v) is 23.8. The molecule has 2 aliphatic rings. The summed E-state index contributed by atoms with van der Waals surface area (Å²) in [5.74, 6) is -0.305. The van der Waals surface area contributed by atoms with Gasteiger partial charge in [0.25, 0.3) is 0 Å². The van der Waals surface area contributed by atoms with E-state index in [4.69, 9.17) is 9.84 Å². The van der Waals surface area contributed by atoms with Gasteiger partial charge in [0, 0.05) is 29.4 Å². The van der Waals surface area contributed by atoms with E-state index in [0.29, 0.717) is 24.1 Å². The van der Waals surface area contributed by atoms with E-state index in [9.17, 15) is 14.0 Å². The lowest BCUT2D eigenvalue weighted by Gasteiger charge is -2.33. The van der Waals surface area contributed by atoms with E-state index < -0.39 is 17.5 Å². The van der Waals surface area contributed by atoms with E-state index in [1.807, 2.05) is 24.0 Å². The average Bonchev–Trinajstić information content (AvgIpc) is 3.64. The first-order valence-electron chi connectivity index (χ1n) is 13.8. The number of aromatic carboxylic acids is 1. The average molecular weight is 575 g/mol. The Morgan fingerprint density at radius 2 is 1.88 bits per heavy atom. The molecule has 0 bridgehead atoms. The number of hydrogen-bond donors (Lipinski definition) is 1. The Hall–Kier alpha value is -4.05. The molecule has 1 aliphatic heterocycles. The van der Waals surface area contributed by atoms with E-state index in [-0.39, 0.29) is 11.7 Å². The molecular weight excluding hydrogens is 543 g/mol. The smallest absolute Gasteiger partial charge is 0.342 e. The van der Waals surface area contributed by atoms with E-state index in [1.165, 1.54) is 11.1 Å². The molecule has 1 amide bonds. The quantitative estimate of drug-likeness (QED) is 0.271. The lowest BCUT2D eigenvalue weighted by Crippen LogP contribution is -2.38. The van der Waals surface area contributed by atoms with Crippen LogP contribution in [-0.2, 0) is 11.4 Å². The number of aryl methyl sites for hydroxylation is 2. The third-order valence-electron chi connectivity index (χ3n) is 7.87. The highest BCUT2D eigenvalue weighted by Crippen LogP contribution is 2.37. The van der Waals surface area contributed by atoms with Crippen LogP contribution in [0.3, 0.4) is 0 Å². The van der Waals surface area contributed by atoms with Crippen LogP contribution >= 0.6 is 11.3 Å². The van der Waals surface area contributed by atoms with Crippen molar-refractivity contribution in [1.29, 1.82) is 0 Å². The molecule has 10 heteroatoms. The Morgan fingerprint density at radius 1 is 1.10 bits per heavy atom. The first-order valence-corrected chi connectivity index (χ1v) is 14.7. The minimum atomic E-state index is -1.38. The Balaban J connectivity index is 1.14. The number of thiophene rings is 1. The van der Waals surface area contributed by atoms with Crippen molar-refractivity contribution in [1.82, 2.24) is 19.7 Å². The summed E-state index contributed by atoms with van der Waals surface area (Å²) in [5.41, 5.74) is 3.59. The van der Waals surface area contributed by atoms with Gasteiger partial charge >= 0.3 is 5.97 Å². The summed E-state index contributed by atoms with van der Waals surface area (Å²) in [5, 5.41) is 13.0. The standard InChI is InChI=1S/C31H31FN4O4S/c1-18-14-23(8-9-24(18)20-10-12-35(13-11-20)30(37)21-6-7-21)40-17-22-15-19(2)41-28(22)26-4-3-5-27(34-26)36-29(32)25(16-33-36)31(38)39/h3-5,8-9,14-16,20-21H,6-7,10-13,17H2,1-2H3,(H,38,39). The fourth-order valence-corrected chi connectivity index (χ4v) is 6.54. The number of pyridine rings is 1. The number of ether oxygens (including phenoxy) is 1. The number of carboxylic acids is 1. The number of piperidine rings is 1. The van der Waals surface area contributed by atoms with Gasteiger partial charge in [-0.15, -0.1) is 11.3 Å². The van der Waals surface area contributed by atoms with Gasteiger partial charge in [-0.2, -0.15) is 14.2 Å². The van der Waals surface area contributed by atoms with Crippen LogP contribution in [0.2, 0.25) is 0 Å². The topological polar surface area (TPSA) is 97.6 Å². The van der Waals surface area contributed by atoms with Gasteiger partial charge in [-0.25, -0.2) is 9.78 Å². The summed E-state index contributed by atoms with van der Waals surface area (Å²) in [6.45, 7) is 6.13. The normalized spacial score (nSPS) is 15.7. The van der Waals surface area contributed by atoms with Crippen molar-refractivity contribution < 1.29 is 23.8 Å². The van der Waals surface area contributed by atoms with E-state index in [0.717, 1.165) is 70.7 Å². The molecule has 0 spiro atoms. The van der Waals surface area contributed by atoms with Crippen molar-refractivity contribution in [3.05, 3.63) is 81.7 Å². The largest absolute Gasteiger partial charge is 0.489 e. The number of carbonyl (C=O) groups excluding carboxylic acids is 1. The second-order valence-corrected chi connectivity index (χ2v) is 12.1.